The molecule has 3 heterocycles. The molecule has 0 aliphatic carbocycles. The van der Waals surface area contributed by atoms with Gasteiger partial charge in [-0.25, -0.2) is 0 Å². The lowest BCUT2D eigenvalue weighted by atomic mass is 10.1. The van der Waals surface area contributed by atoms with Crippen LogP contribution in [0.5, 0.6) is 0 Å². The average molecular weight is 339 g/mol. The van der Waals surface area contributed by atoms with E-state index in [2.05, 4.69) is 10.1 Å². The lowest BCUT2D eigenvalue weighted by Gasteiger charge is -2.14. The molecule has 1 fully saturated rings. The second-order valence-electron chi connectivity index (χ2n) is 6.03. The van der Waals surface area contributed by atoms with E-state index in [0.717, 1.165) is 11.1 Å². The topological polar surface area (TPSA) is 59.2 Å². The number of amides is 1. The number of likely N-dealkylation sites (tertiary alicyclic amines) is 1. The molecule has 0 N–H and O–H groups in total. The van der Waals surface area contributed by atoms with Crippen molar-refractivity contribution in [3.63, 3.8) is 0 Å². The molecule has 0 radical (unpaired) electrons. The van der Waals surface area contributed by atoms with E-state index in [1.54, 1.807) is 11.3 Å². The summed E-state index contributed by atoms with van der Waals surface area (Å²) in [6, 6.07) is 12.0. The summed E-state index contributed by atoms with van der Waals surface area (Å²) in [5.41, 5.74) is 2.07. The molecular weight excluding hydrogens is 322 g/mol. The minimum atomic E-state index is -0.0252. The van der Waals surface area contributed by atoms with Gasteiger partial charge in [0.1, 0.15) is 0 Å². The van der Waals surface area contributed by atoms with Gasteiger partial charge in [-0.15, -0.1) is 11.3 Å². The Morgan fingerprint density at radius 2 is 2.17 bits per heavy atom. The largest absolute Gasteiger partial charge is 0.339 e. The Hall–Kier alpha value is -2.47. The summed E-state index contributed by atoms with van der Waals surface area (Å²) in [7, 11) is 0. The number of hydrogen-bond acceptors (Lipinski definition) is 5. The van der Waals surface area contributed by atoms with Crippen LogP contribution in [0.1, 0.15) is 28.7 Å². The number of aryl methyl sites for hydroxylation is 1. The van der Waals surface area contributed by atoms with Crippen molar-refractivity contribution in [1.29, 1.82) is 0 Å². The molecule has 5 nitrogen and oxygen atoms in total. The molecule has 3 aromatic rings. The summed E-state index contributed by atoms with van der Waals surface area (Å²) >= 11 is 1.67. The van der Waals surface area contributed by atoms with Crippen LogP contribution in [0.25, 0.3) is 11.4 Å². The minimum absolute atomic E-state index is 0.0252. The first-order valence-corrected chi connectivity index (χ1v) is 8.78. The maximum atomic E-state index is 12.3. The molecular formula is C18H17N3O2S. The van der Waals surface area contributed by atoms with Crippen molar-refractivity contribution in [1.82, 2.24) is 15.0 Å². The third kappa shape index (κ3) is 2.85. The Morgan fingerprint density at radius 3 is 2.96 bits per heavy atom. The SMILES string of the molecule is Cc1ccccc1-c1noc(C2CC(=O)N(Cc3cccs3)C2)n1. The van der Waals surface area contributed by atoms with Crippen LogP contribution in [0.2, 0.25) is 0 Å². The summed E-state index contributed by atoms with van der Waals surface area (Å²) in [6.07, 6.45) is 0.431. The van der Waals surface area contributed by atoms with Gasteiger partial charge in [-0.05, 0) is 23.9 Å². The number of nitrogens with zero attached hydrogens (tertiary/aromatic N) is 3. The molecule has 1 saturated heterocycles. The second kappa shape index (κ2) is 6.20. The molecule has 1 aliphatic rings. The third-order valence-corrected chi connectivity index (χ3v) is 5.18. The van der Waals surface area contributed by atoms with E-state index in [-0.39, 0.29) is 11.8 Å². The Balaban J connectivity index is 1.51. The molecule has 1 aliphatic heterocycles. The number of hydrogen-bond donors (Lipinski definition) is 0. The molecule has 6 heteroatoms. The smallest absolute Gasteiger partial charge is 0.232 e. The quantitative estimate of drug-likeness (QED) is 0.728. The number of rotatable bonds is 4. The van der Waals surface area contributed by atoms with E-state index in [1.807, 2.05) is 53.6 Å². The Morgan fingerprint density at radius 1 is 1.29 bits per heavy atom. The maximum Gasteiger partial charge on any atom is 0.232 e. The first-order valence-electron chi connectivity index (χ1n) is 7.90. The highest BCUT2D eigenvalue weighted by molar-refractivity contribution is 7.09. The van der Waals surface area contributed by atoms with E-state index in [0.29, 0.717) is 31.2 Å². The fourth-order valence-electron chi connectivity index (χ4n) is 3.02. The molecule has 24 heavy (non-hydrogen) atoms. The first kappa shape index (κ1) is 15.1. The van der Waals surface area contributed by atoms with Gasteiger partial charge in [0.2, 0.25) is 17.6 Å². The normalized spacial score (nSPS) is 17.6. The molecule has 2 aromatic heterocycles. The van der Waals surface area contributed by atoms with Crippen LogP contribution in [0.15, 0.2) is 46.3 Å². The fourth-order valence-corrected chi connectivity index (χ4v) is 3.73. The molecule has 0 saturated carbocycles. The van der Waals surface area contributed by atoms with Gasteiger partial charge in [0, 0.05) is 23.4 Å². The maximum absolute atomic E-state index is 12.3. The summed E-state index contributed by atoms with van der Waals surface area (Å²) in [5, 5.41) is 6.13. The van der Waals surface area contributed by atoms with Gasteiger partial charge >= 0.3 is 0 Å². The number of aromatic nitrogens is 2. The van der Waals surface area contributed by atoms with Gasteiger partial charge in [-0.3, -0.25) is 4.79 Å². The molecule has 0 bridgehead atoms. The van der Waals surface area contributed by atoms with Crippen molar-refractivity contribution >= 4 is 17.2 Å². The van der Waals surface area contributed by atoms with E-state index < -0.39 is 0 Å². The molecule has 122 valence electrons. The Kier molecular flexibility index (Phi) is 3.90. The molecule has 4 rings (SSSR count). The fraction of sp³-hybridized carbons (Fsp3) is 0.278. The van der Waals surface area contributed by atoms with Gasteiger partial charge in [-0.1, -0.05) is 35.5 Å². The highest BCUT2D eigenvalue weighted by Crippen LogP contribution is 2.30. The number of carbonyl (C=O) groups excluding carboxylic acids is 1. The molecule has 0 spiro atoms. The lowest BCUT2D eigenvalue weighted by molar-refractivity contribution is -0.128. The highest BCUT2D eigenvalue weighted by atomic mass is 32.1. The third-order valence-electron chi connectivity index (χ3n) is 4.32. The van der Waals surface area contributed by atoms with Crippen molar-refractivity contribution in [3.8, 4) is 11.4 Å². The van der Waals surface area contributed by atoms with Crippen LogP contribution >= 0.6 is 11.3 Å². The van der Waals surface area contributed by atoms with Crippen molar-refractivity contribution in [2.45, 2.75) is 25.8 Å². The highest BCUT2D eigenvalue weighted by Gasteiger charge is 2.34. The van der Waals surface area contributed by atoms with E-state index >= 15 is 0 Å². The molecule has 1 unspecified atom stereocenters. The van der Waals surface area contributed by atoms with E-state index in [1.165, 1.54) is 4.88 Å². The number of carbonyl (C=O) groups is 1. The van der Waals surface area contributed by atoms with Crippen LogP contribution in [0.4, 0.5) is 0 Å². The number of thiophene rings is 1. The predicted octanol–water partition coefficient (Wildman–Crippen LogP) is 3.62. The van der Waals surface area contributed by atoms with Gasteiger partial charge < -0.3 is 9.42 Å². The van der Waals surface area contributed by atoms with Crippen molar-refractivity contribution < 1.29 is 9.32 Å². The van der Waals surface area contributed by atoms with Crippen LogP contribution in [-0.2, 0) is 11.3 Å². The zero-order valence-corrected chi connectivity index (χ0v) is 14.1. The summed E-state index contributed by atoms with van der Waals surface area (Å²) in [6.45, 7) is 3.31. The monoisotopic (exact) mass is 339 g/mol. The zero-order valence-electron chi connectivity index (χ0n) is 13.3. The zero-order chi connectivity index (χ0) is 16.5. The van der Waals surface area contributed by atoms with Crippen LogP contribution < -0.4 is 0 Å². The standard InChI is InChI=1S/C18H17N3O2S/c1-12-5-2-3-7-15(12)17-19-18(23-20-17)13-9-16(22)21(10-13)11-14-6-4-8-24-14/h2-8,13H,9-11H2,1H3. The van der Waals surface area contributed by atoms with Gasteiger partial charge in [0.15, 0.2) is 0 Å². The summed E-state index contributed by atoms with van der Waals surface area (Å²) in [4.78, 5) is 19.9. The number of benzene rings is 1. The average Bonchev–Trinajstić information content (AvgIpc) is 3.30. The van der Waals surface area contributed by atoms with E-state index in [4.69, 9.17) is 4.52 Å². The summed E-state index contributed by atoms with van der Waals surface area (Å²) in [5.74, 6) is 1.26. The van der Waals surface area contributed by atoms with Crippen LogP contribution in [-0.4, -0.2) is 27.5 Å². The van der Waals surface area contributed by atoms with Crippen molar-refractivity contribution in [2.24, 2.45) is 0 Å². The predicted molar refractivity (Wildman–Crippen MR) is 91.6 cm³/mol. The molecule has 1 amide bonds. The first-order chi connectivity index (χ1) is 11.7. The second-order valence-corrected chi connectivity index (χ2v) is 7.06. The Bertz CT molecular complexity index is 857. The van der Waals surface area contributed by atoms with E-state index in [9.17, 15) is 4.79 Å². The van der Waals surface area contributed by atoms with Crippen molar-refractivity contribution in [2.75, 3.05) is 6.54 Å². The van der Waals surface area contributed by atoms with Crippen LogP contribution in [0.3, 0.4) is 0 Å². The van der Waals surface area contributed by atoms with Crippen molar-refractivity contribution in [3.05, 3.63) is 58.1 Å². The Labute approximate surface area is 143 Å². The van der Waals surface area contributed by atoms with Gasteiger partial charge in [-0.2, -0.15) is 4.98 Å². The minimum Gasteiger partial charge on any atom is -0.339 e. The van der Waals surface area contributed by atoms with Gasteiger partial charge in [0.25, 0.3) is 0 Å². The molecule has 1 atom stereocenters. The lowest BCUT2D eigenvalue weighted by Crippen LogP contribution is -2.23. The van der Waals surface area contributed by atoms with Crippen LogP contribution in [0, 0.1) is 6.92 Å². The van der Waals surface area contributed by atoms with Gasteiger partial charge in [0.05, 0.1) is 12.5 Å². The summed E-state index contributed by atoms with van der Waals surface area (Å²) < 4.78 is 5.45. The molecule has 1 aromatic carbocycles.